The molecule has 0 radical (unpaired) electrons. The molecule has 1 aromatic heterocycles. The van der Waals surface area contributed by atoms with Gasteiger partial charge in [-0.1, -0.05) is 0 Å². The molecule has 1 saturated heterocycles. The highest BCUT2D eigenvalue weighted by Gasteiger charge is 2.59. The monoisotopic (exact) mass is 518 g/mol. The Morgan fingerprint density at radius 1 is 1.24 bits per heavy atom. The molecule has 1 aromatic rings. The number of pyridine rings is 1. The molecule has 2 heterocycles. The summed E-state index contributed by atoms with van der Waals surface area (Å²) in [5.74, 6) is 0.351. The number of nitrogens with two attached hydrogens (primary N) is 1. The molecular formula is C26H33F3N6O2. The van der Waals surface area contributed by atoms with Crippen molar-refractivity contribution in [3.63, 3.8) is 0 Å². The predicted molar refractivity (Wildman–Crippen MR) is 131 cm³/mol. The van der Waals surface area contributed by atoms with Gasteiger partial charge in [-0.05, 0) is 68.9 Å². The number of aliphatic carboxylic acids is 1. The fourth-order valence-corrected chi connectivity index (χ4v) is 7.57. The van der Waals surface area contributed by atoms with E-state index in [-0.39, 0.29) is 30.1 Å². The van der Waals surface area contributed by atoms with E-state index in [9.17, 15) is 28.3 Å². The zero-order chi connectivity index (χ0) is 26.6. The molecule has 3 N–H and O–H groups in total. The van der Waals surface area contributed by atoms with Gasteiger partial charge in [0.05, 0.1) is 35.0 Å². The molecule has 8 nitrogen and oxygen atoms in total. The third kappa shape index (κ3) is 4.43. The second-order valence-electron chi connectivity index (χ2n) is 11.5. The van der Waals surface area contributed by atoms with Gasteiger partial charge >= 0.3 is 12.1 Å². The molecule has 0 aromatic carbocycles. The Morgan fingerprint density at radius 3 is 2.46 bits per heavy atom. The topological polar surface area (TPSA) is 119 Å². The third-order valence-electron chi connectivity index (χ3n) is 9.31. The molecule has 200 valence electrons. The quantitative estimate of drug-likeness (QED) is 0.437. The van der Waals surface area contributed by atoms with Gasteiger partial charge in [0.25, 0.3) is 0 Å². The van der Waals surface area contributed by atoms with Gasteiger partial charge in [0, 0.05) is 32.4 Å². The summed E-state index contributed by atoms with van der Waals surface area (Å²) >= 11 is 0. The van der Waals surface area contributed by atoms with E-state index in [4.69, 9.17) is 10.7 Å². The molecule has 0 spiro atoms. The Kier molecular flexibility index (Phi) is 6.37. The summed E-state index contributed by atoms with van der Waals surface area (Å²) in [5.41, 5.74) is 4.38. The summed E-state index contributed by atoms with van der Waals surface area (Å²) < 4.78 is 40.5. The Bertz CT molecular complexity index is 1110. The number of carboxylic acids is 1. The number of nitriles is 1. The van der Waals surface area contributed by atoms with Crippen LogP contribution in [0.5, 0.6) is 0 Å². The van der Waals surface area contributed by atoms with E-state index in [1.54, 1.807) is 4.90 Å². The summed E-state index contributed by atoms with van der Waals surface area (Å²) in [7, 11) is 0. The number of carboxylic acid groups (broad SMARTS) is 1. The lowest BCUT2D eigenvalue weighted by atomic mass is 9.48. The largest absolute Gasteiger partial charge is 0.481 e. The Morgan fingerprint density at radius 2 is 1.89 bits per heavy atom. The maximum absolute atomic E-state index is 13.5. The summed E-state index contributed by atoms with van der Waals surface area (Å²) in [6.07, 6.45) is 0.893. The van der Waals surface area contributed by atoms with Crippen molar-refractivity contribution in [3.05, 3.63) is 23.9 Å². The Balaban J connectivity index is 1.33. The molecule has 3 unspecified atom stereocenters. The van der Waals surface area contributed by atoms with Crippen LogP contribution in [0.25, 0.3) is 0 Å². The number of hydrogen-bond donors (Lipinski definition) is 2. The van der Waals surface area contributed by atoms with Gasteiger partial charge < -0.3 is 15.7 Å². The summed E-state index contributed by atoms with van der Waals surface area (Å²) in [6, 6.07) is 4.50. The molecule has 1 aliphatic heterocycles. The first kappa shape index (κ1) is 25.8. The van der Waals surface area contributed by atoms with Gasteiger partial charge in [0.15, 0.2) is 0 Å². The van der Waals surface area contributed by atoms with Crippen LogP contribution < -0.4 is 10.6 Å². The first-order valence-corrected chi connectivity index (χ1v) is 12.9. The molecule has 6 rings (SSSR count). The first-order chi connectivity index (χ1) is 17.5. The minimum atomic E-state index is -4.50. The van der Waals surface area contributed by atoms with Crippen molar-refractivity contribution in [3.8, 4) is 6.07 Å². The van der Waals surface area contributed by atoms with Gasteiger partial charge in [0.1, 0.15) is 11.7 Å². The number of aromatic nitrogens is 1. The molecule has 5 aliphatic rings. The highest BCUT2D eigenvalue weighted by Crippen LogP contribution is 2.61. The van der Waals surface area contributed by atoms with E-state index < -0.39 is 28.7 Å². The van der Waals surface area contributed by atoms with Crippen molar-refractivity contribution in [2.75, 3.05) is 31.1 Å². The van der Waals surface area contributed by atoms with Crippen molar-refractivity contribution in [1.29, 1.82) is 5.26 Å². The summed E-state index contributed by atoms with van der Waals surface area (Å²) in [4.78, 5) is 24.7. The summed E-state index contributed by atoms with van der Waals surface area (Å²) in [6.45, 7) is 3.31. The number of amidine groups is 1. The molecule has 37 heavy (non-hydrogen) atoms. The van der Waals surface area contributed by atoms with Gasteiger partial charge in [-0.3, -0.25) is 14.7 Å². The lowest BCUT2D eigenvalue weighted by molar-refractivity contribution is -0.166. The molecule has 0 amide bonds. The number of rotatable bonds is 6. The predicted octanol–water partition coefficient (Wildman–Crippen LogP) is 3.53. The minimum absolute atomic E-state index is 0.0498. The molecular weight excluding hydrogens is 485 g/mol. The number of nitrogens with zero attached hydrogens (tertiary/aromatic N) is 5. The van der Waals surface area contributed by atoms with Crippen LogP contribution in [-0.2, 0) is 11.0 Å². The maximum Gasteiger partial charge on any atom is 0.419 e. The number of halogens is 3. The zero-order valence-corrected chi connectivity index (χ0v) is 20.9. The smallest absolute Gasteiger partial charge is 0.419 e. The maximum atomic E-state index is 13.5. The highest BCUT2D eigenvalue weighted by atomic mass is 19.4. The lowest BCUT2D eigenvalue weighted by Crippen LogP contribution is -2.62. The van der Waals surface area contributed by atoms with Crippen molar-refractivity contribution in [2.45, 2.75) is 63.2 Å². The number of carbonyl (C=O) groups is 1. The standard InChI is InChI=1S/C26H33F3N6O2/c1-24(4-5-30,35-9-7-34(8-10-35)21-19(26(27,28)29)3-2-6-32-21)22(31)33-20-17-11-16-12-18(20)15-25(13-16,14-17)23(36)37/h2-3,6,16-18,20H,4,7-15H2,1H3,(H2,31,33)(H,36,37). The van der Waals surface area contributed by atoms with Crippen LogP contribution in [0.15, 0.2) is 23.3 Å². The molecule has 11 heteroatoms. The van der Waals surface area contributed by atoms with E-state index in [2.05, 4.69) is 11.1 Å². The van der Waals surface area contributed by atoms with E-state index in [1.165, 1.54) is 12.3 Å². The first-order valence-electron chi connectivity index (χ1n) is 12.9. The van der Waals surface area contributed by atoms with Crippen molar-refractivity contribution >= 4 is 17.6 Å². The van der Waals surface area contributed by atoms with E-state index in [0.717, 1.165) is 25.3 Å². The van der Waals surface area contributed by atoms with E-state index >= 15 is 0 Å². The van der Waals surface area contributed by atoms with Crippen LogP contribution in [0, 0.1) is 34.5 Å². The Hall–Kier alpha value is -2.87. The van der Waals surface area contributed by atoms with Crippen LogP contribution >= 0.6 is 0 Å². The summed E-state index contributed by atoms with van der Waals surface area (Å²) in [5, 5.41) is 19.5. The molecule has 4 saturated carbocycles. The van der Waals surface area contributed by atoms with E-state index in [1.807, 2.05) is 11.8 Å². The fraction of sp³-hybridized carbons (Fsp3) is 0.692. The van der Waals surface area contributed by atoms with Gasteiger partial charge in [-0.25, -0.2) is 4.98 Å². The Labute approximate surface area is 214 Å². The molecule has 5 fully saturated rings. The van der Waals surface area contributed by atoms with E-state index in [0.29, 0.717) is 50.8 Å². The number of alkyl halides is 3. The van der Waals surface area contributed by atoms with Crippen LogP contribution in [0.2, 0.25) is 0 Å². The lowest BCUT2D eigenvalue weighted by Gasteiger charge is -2.57. The number of aliphatic imine (C=N–C) groups is 1. The second kappa shape index (κ2) is 9.15. The second-order valence-corrected chi connectivity index (χ2v) is 11.5. The minimum Gasteiger partial charge on any atom is -0.481 e. The SMILES string of the molecule is CC(CC#N)(C(N)=NC1C2CC3CC1CC(C(=O)O)(C3)C2)N1CCN(c2ncccc2C(F)(F)F)CC1. The number of piperazine rings is 1. The van der Waals surface area contributed by atoms with Crippen LogP contribution in [-0.4, -0.2) is 64.6 Å². The van der Waals surface area contributed by atoms with Crippen molar-refractivity contribution in [2.24, 2.45) is 33.9 Å². The third-order valence-corrected chi connectivity index (χ3v) is 9.31. The normalized spacial score (nSPS) is 33.7. The zero-order valence-electron chi connectivity index (χ0n) is 20.9. The van der Waals surface area contributed by atoms with Gasteiger partial charge in [-0.2, -0.15) is 18.4 Å². The highest BCUT2D eigenvalue weighted by molar-refractivity contribution is 5.90. The van der Waals surface area contributed by atoms with Crippen molar-refractivity contribution in [1.82, 2.24) is 9.88 Å². The molecule has 4 bridgehead atoms. The van der Waals surface area contributed by atoms with Crippen molar-refractivity contribution < 1.29 is 23.1 Å². The number of hydrogen-bond acceptors (Lipinski definition) is 6. The molecule has 4 aliphatic carbocycles. The number of anilines is 1. The van der Waals surface area contributed by atoms with Crippen LogP contribution in [0.3, 0.4) is 0 Å². The average molecular weight is 519 g/mol. The van der Waals surface area contributed by atoms with Gasteiger partial charge in [-0.15, -0.1) is 0 Å². The average Bonchev–Trinajstić information content (AvgIpc) is 2.85. The fourth-order valence-electron chi connectivity index (χ4n) is 7.57. The van der Waals surface area contributed by atoms with Crippen LogP contribution in [0.1, 0.15) is 51.0 Å². The van der Waals surface area contributed by atoms with Gasteiger partial charge in [0.2, 0.25) is 0 Å². The molecule has 3 atom stereocenters. The van der Waals surface area contributed by atoms with Crippen LogP contribution in [0.4, 0.5) is 19.0 Å².